The molecule has 2 aromatic carbocycles. The van der Waals surface area contributed by atoms with Crippen molar-refractivity contribution in [1.82, 2.24) is 0 Å². The highest BCUT2D eigenvalue weighted by Gasteiger charge is 2.28. The number of halogens is 2. The van der Waals surface area contributed by atoms with Crippen molar-refractivity contribution in [2.24, 2.45) is 0 Å². The number of fused-ring (bicyclic) bond motifs is 3. The van der Waals surface area contributed by atoms with Gasteiger partial charge in [0.2, 0.25) is 0 Å². The van der Waals surface area contributed by atoms with Crippen LogP contribution in [0.2, 0.25) is 0 Å². The Labute approximate surface area is 120 Å². The highest BCUT2D eigenvalue weighted by Crippen LogP contribution is 2.49. The van der Waals surface area contributed by atoms with Gasteiger partial charge in [0.1, 0.15) is 0 Å². The van der Waals surface area contributed by atoms with Crippen molar-refractivity contribution in [1.29, 1.82) is 0 Å². The minimum Gasteiger partial charge on any atom is -0.258 e. The predicted molar refractivity (Wildman–Crippen MR) is 77.0 cm³/mol. The molecule has 0 saturated heterocycles. The van der Waals surface area contributed by atoms with Crippen LogP contribution in [0.5, 0.6) is 0 Å². The molecule has 1 aliphatic carbocycles. The Morgan fingerprint density at radius 1 is 1.06 bits per heavy atom. The number of benzene rings is 2. The van der Waals surface area contributed by atoms with Gasteiger partial charge in [-0.05, 0) is 40.5 Å². The van der Waals surface area contributed by atoms with Gasteiger partial charge < -0.3 is 0 Å². The van der Waals surface area contributed by atoms with E-state index in [0.29, 0.717) is 0 Å². The second-order valence-corrected chi connectivity index (χ2v) is 5.95. The van der Waals surface area contributed by atoms with E-state index >= 15 is 0 Å². The van der Waals surface area contributed by atoms with Crippen molar-refractivity contribution >= 4 is 37.5 Å². The Hall–Kier alpha value is -1.20. The summed E-state index contributed by atoms with van der Waals surface area (Å²) in [5, 5.41) is 10.8. The van der Waals surface area contributed by atoms with Crippen LogP contribution in [-0.2, 0) is 0 Å². The summed E-state index contributed by atoms with van der Waals surface area (Å²) in [4.78, 5) is 10.5. The van der Waals surface area contributed by atoms with Gasteiger partial charge in [-0.25, -0.2) is 0 Å². The zero-order valence-electron chi connectivity index (χ0n) is 9.06. The van der Waals surface area contributed by atoms with Crippen LogP contribution in [-0.4, -0.2) is 4.92 Å². The van der Waals surface area contributed by atoms with Crippen LogP contribution in [0.15, 0.2) is 40.9 Å². The lowest BCUT2D eigenvalue weighted by molar-refractivity contribution is -0.384. The van der Waals surface area contributed by atoms with Gasteiger partial charge in [0.05, 0.1) is 9.75 Å². The summed E-state index contributed by atoms with van der Waals surface area (Å²) in [6.45, 7) is 0. The number of nitrogens with zero attached hydrogens (tertiary/aromatic N) is 1. The SMILES string of the molecule is O=[N+]([O-])c1ccc2c(c1)[C@@H](Br)c1cc(Br)ccc1-2. The average Bonchev–Trinajstić information content (AvgIpc) is 2.62. The van der Waals surface area contributed by atoms with Gasteiger partial charge in [0.25, 0.3) is 5.69 Å². The average molecular weight is 369 g/mol. The van der Waals surface area contributed by atoms with E-state index in [2.05, 4.69) is 31.9 Å². The van der Waals surface area contributed by atoms with Crippen LogP contribution in [0.4, 0.5) is 5.69 Å². The molecule has 0 unspecified atom stereocenters. The molecule has 0 aromatic heterocycles. The third-order valence-electron chi connectivity index (χ3n) is 3.10. The second-order valence-electron chi connectivity index (χ2n) is 4.12. The van der Waals surface area contributed by atoms with Crippen LogP contribution >= 0.6 is 31.9 Å². The number of nitro groups is 1. The van der Waals surface area contributed by atoms with Gasteiger partial charge in [-0.1, -0.05) is 37.9 Å². The minimum absolute atomic E-state index is 0.0138. The molecule has 0 radical (unpaired) electrons. The Bertz CT molecular complexity index is 670. The molecule has 5 heteroatoms. The minimum atomic E-state index is -0.362. The Morgan fingerprint density at radius 3 is 2.33 bits per heavy atom. The first-order chi connectivity index (χ1) is 8.58. The van der Waals surface area contributed by atoms with Gasteiger partial charge in [0, 0.05) is 16.6 Å². The monoisotopic (exact) mass is 367 g/mol. The molecule has 18 heavy (non-hydrogen) atoms. The summed E-state index contributed by atoms with van der Waals surface area (Å²) in [6, 6.07) is 11.1. The smallest absolute Gasteiger partial charge is 0.258 e. The van der Waals surface area contributed by atoms with Gasteiger partial charge in [-0.3, -0.25) is 10.1 Å². The summed E-state index contributed by atoms with van der Waals surface area (Å²) in [7, 11) is 0. The molecule has 0 aliphatic heterocycles. The summed E-state index contributed by atoms with van der Waals surface area (Å²) in [5.41, 5.74) is 4.41. The molecule has 0 bridgehead atoms. The Kier molecular flexibility index (Phi) is 2.75. The number of rotatable bonds is 1. The molecule has 0 fully saturated rings. The van der Waals surface area contributed by atoms with E-state index < -0.39 is 0 Å². The summed E-state index contributed by atoms with van der Waals surface area (Å²) >= 11 is 7.06. The van der Waals surface area contributed by atoms with E-state index in [-0.39, 0.29) is 15.4 Å². The third kappa shape index (κ3) is 1.69. The van der Waals surface area contributed by atoms with Crippen molar-refractivity contribution in [3.63, 3.8) is 0 Å². The lowest BCUT2D eigenvalue weighted by Crippen LogP contribution is -1.91. The molecular weight excluding hydrogens is 362 g/mol. The quantitative estimate of drug-likeness (QED) is 0.411. The topological polar surface area (TPSA) is 43.1 Å². The van der Waals surface area contributed by atoms with E-state index in [4.69, 9.17) is 0 Å². The number of hydrogen-bond acceptors (Lipinski definition) is 2. The van der Waals surface area contributed by atoms with E-state index in [1.807, 2.05) is 24.3 Å². The van der Waals surface area contributed by atoms with Crippen molar-refractivity contribution in [3.05, 3.63) is 62.1 Å². The van der Waals surface area contributed by atoms with Crippen LogP contribution in [0.3, 0.4) is 0 Å². The van der Waals surface area contributed by atoms with Gasteiger partial charge in [0.15, 0.2) is 0 Å². The molecular formula is C13H7Br2NO2. The first-order valence-electron chi connectivity index (χ1n) is 5.30. The maximum Gasteiger partial charge on any atom is 0.269 e. The second kappa shape index (κ2) is 4.17. The first-order valence-corrected chi connectivity index (χ1v) is 7.01. The zero-order chi connectivity index (χ0) is 12.9. The molecule has 90 valence electrons. The van der Waals surface area contributed by atoms with Gasteiger partial charge in [-0.15, -0.1) is 0 Å². The Morgan fingerprint density at radius 2 is 1.67 bits per heavy atom. The molecule has 0 amide bonds. The van der Waals surface area contributed by atoms with Crippen molar-refractivity contribution < 1.29 is 4.92 Å². The highest BCUT2D eigenvalue weighted by molar-refractivity contribution is 9.10. The summed E-state index contributed by atoms with van der Waals surface area (Å²) in [6.07, 6.45) is 0. The maximum absolute atomic E-state index is 10.8. The lowest BCUT2D eigenvalue weighted by atomic mass is 10.1. The number of alkyl halides is 1. The molecule has 3 rings (SSSR count). The lowest BCUT2D eigenvalue weighted by Gasteiger charge is -2.04. The zero-order valence-corrected chi connectivity index (χ0v) is 12.2. The molecule has 0 heterocycles. The van der Waals surface area contributed by atoms with Crippen molar-refractivity contribution in [2.45, 2.75) is 4.83 Å². The van der Waals surface area contributed by atoms with Crippen LogP contribution in [0, 0.1) is 10.1 Å². The van der Waals surface area contributed by atoms with Crippen LogP contribution in [0.25, 0.3) is 11.1 Å². The fourth-order valence-corrected chi connectivity index (χ4v) is 3.41. The van der Waals surface area contributed by atoms with Crippen LogP contribution < -0.4 is 0 Å². The summed E-state index contributed by atoms with van der Waals surface area (Å²) in [5.74, 6) is 0. The standard InChI is InChI=1S/C13H7Br2NO2/c14-7-1-3-9-10-4-2-8(16(17)18)6-12(10)13(15)11(9)5-7/h1-6,13H/t13-/m0/s1. The molecule has 1 atom stereocenters. The fraction of sp³-hybridized carbons (Fsp3) is 0.0769. The molecule has 0 spiro atoms. The molecule has 3 nitrogen and oxygen atoms in total. The van der Waals surface area contributed by atoms with E-state index in [0.717, 1.165) is 26.7 Å². The molecule has 0 N–H and O–H groups in total. The van der Waals surface area contributed by atoms with E-state index in [1.165, 1.54) is 0 Å². The van der Waals surface area contributed by atoms with Gasteiger partial charge >= 0.3 is 0 Å². The van der Waals surface area contributed by atoms with E-state index in [9.17, 15) is 10.1 Å². The van der Waals surface area contributed by atoms with Crippen molar-refractivity contribution in [2.75, 3.05) is 0 Å². The molecule has 0 saturated carbocycles. The highest BCUT2D eigenvalue weighted by atomic mass is 79.9. The number of hydrogen-bond donors (Lipinski definition) is 0. The Balaban J connectivity index is 2.23. The normalized spacial score (nSPS) is 16.2. The number of nitro benzene ring substituents is 1. The molecule has 1 aliphatic rings. The predicted octanol–water partition coefficient (Wildman–Crippen LogP) is 4.82. The third-order valence-corrected chi connectivity index (χ3v) is 4.58. The van der Waals surface area contributed by atoms with Gasteiger partial charge in [-0.2, -0.15) is 0 Å². The van der Waals surface area contributed by atoms with Crippen LogP contribution in [0.1, 0.15) is 16.0 Å². The summed E-state index contributed by atoms with van der Waals surface area (Å²) < 4.78 is 1.01. The number of non-ortho nitro benzene ring substituents is 1. The fourth-order valence-electron chi connectivity index (χ4n) is 2.27. The molecule has 2 aromatic rings. The first kappa shape index (κ1) is 11.9. The maximum atomic E-state index is 10.8. The van der Waals surface area contributed by atoms with E-state index in [1.54, 1.807) is 12.1 Å². The van der Waals surface area contributed by atoms with Crippen molar-refractivity contribution in [3.8, 4) is 11.1 Å². The largest absolute Gasteiger partial charge is 0.269 e.